The maximum atomic E-state index is 14.1. The Balaban J connectivity index is 0.00000364. The van der Waals surface area contributed by atoms with E-state index in [2.05, 4.69) is 15.6 Å². The number of carbonyl (C=O) groups is 1. The van der Waals surface area contributed by atoms with Crippen LogP contribution in [-0.2, 0) is 11.3 Å². The van der Waals surface area contributed by atoms with E-state index in [1.54, 1.807) is 18.0 Å². The van der Waals surface area contributed by atoms with Gasteiger partial charge in [0.1, 0.15) is 5.82 Å². The number of carbonyl (C=O) groups excluding carboxylic acids is 1. The number of anilines is 1. The van der Waals surface area contributed by atoms with E-state index in [0.717, 1.165) is 18.5 Å². The Kier molecular flexibility index (Phi) is 9.28. The Morgan fingerprint density at radius 3 is 2.67 bits per heavy atom. The van der Waals surface area contributed by atoms with E-state index < -0.39 is 0 Å². The van der Waals surface area contributed by atoms with Crippen molar-refractivity contribution >= 4 is 41.5 Å². The molecule has 1 aromatic carbocycles. The smallest absolute Gasteiger partial charge is 0.225 e. The lowest BCUT2D eigenvalue weighted by Crippen LogP contribution is -2.45. The zero-order valence-electron chi connectivity index (χ0n) is 16.8. The van der Waals surface area contributed by atoms with Gasteiger partial charge in [-0.2, -0.15) is 0 Å². The van der Waals surface area contributed by atoms with Crippen molar-refractivity contribution in [3.8, 4) is 0 Å². The number of likely N-dealkylation sites (tertiary alicyclic amines) is 1. The molecule has 27 heavy (non-hydrogen) atoms. The lowest BCUT2D eigenvalue weighted by Gasteiger charge is -2.20. The Labute approximate surface area is 178 Å². The molecule has 1 atom stereocenters. The van der Waals surface area contributed by atoms with Crippen LogP contribution >= 0.6 is 24.0 Å². The average molecular weight is 491 g/mol. The van der Waals surface area contributed by atoms with Gasteiger partial charge in [0.15, 0.2) is 5.96 Å². The summed E-state index contributed by atoms with van der Waals surface area (Å²) in [5, 5.41) is 6.56. The topological polar surface area (TPSA) is 60.0 Å². The van der Waals surface area contributed by atoms with Gasteiger partial charge in [-0.15, -0.1) is 24.0 Å². The molecule has 1 aromatic rings. The first-order valence-corrected chi connectivity index (χ1v) is 9.03. The third-order valence-corrected chi connectivity index (χ3v) is 4.51. The number of amides is 1. The Morgan fingerprint density at radius 2 is 2.11 bits per heavy atom. The van der Waals surface area contributed by atoms with E-state index in [0.29, 0.717) is 24.7 Å². The summed E-state index contributed by atoms with van der Waals surface area (Å²) in [7, 11) is 5.34. The monoisotopic (exact) mass is 491 g/mol. The predicted octanol–water partition coefficient (Wildman–Crippen LogP) is 2.43. The van der Waals surface area contributed by atoms with Crippen LogP contribution in [0.5, 0.6) is 0 Å². The van der Waals surface area contributed by atoms with Gasteiger partial charge < -0.3 is 20.4 Å². The fraction of sp³-hybridized carbons (Fsp3) is 0.579. The zero-order chi connectivity index (χ0) is 19.3. The lowest BCUT2D eigenvalue weighted by molar-refractivity contribution is -0.133. The molecule has 6 nitrogen and oxygen atoms in total. The highest BCUT2D eigenvalue weighted by molar-refractivity contribution is 14.0. The minimum Gasteiger partial charge on any atom is -0.375 e. The molecule has 0 aromatic heterocycles. The van der Waals surface area contributed by atoms with E-state index in [9.17, 15) is 9.18 Å². The van der Waals surface area contributed by atoms with Crippen LogP contribution in [-0.4, -0.2) is 57.0 Å². The van der Waals surface area contributed by atoms with Crippen molar-refractivity contribution in [2.75, 3.05) is 39.1 Å². The maximum Gasteiger partial charge on any atom is 0.225 e. The normalized spacial score (nSPS) is 16.9. The van der Waals surface area contributed by atoms with Crippen molar-refractivity contribution in [2.45, 2.75) is 32.9 Å². The van der Waals surface area contributed by atoms with Crippen LogP contribution in [0.1, 0.15) is 25.8 Å². The van der Waals surface area contributed by atoms with Gasteiger partial charge in [0.05, 0.1) is 5.69 Å². The van der Waals surface area contributed by atoms with Gasteiger partial charge in [0, 0.05) is 52.7 Å². The summed E-state index contributed by atoms with van der Waals surface area (Å²) in [4.78, 5) is 19.9. The van der Waals surface area contributed by atoms with Crippen LogP contribution in [0.15, 0.2) is 23.2 Å². The molecule has 0 aliphatic carbocycles. The van der Waals surface area contributed by atoms with Crippen molar-refractivity contribution in [1.29, 1.82) is 0 Å². The van der Waals surface area contributed by atoms with Gasteiger partial charge in [-0.05, 0) is 24.1 Å². The molecule has 0 spiro atoms. The molecule has 152 valence electrons. The molecule has 2 N–H and O–H groups in total. The summed E-state index contributed by atoms with van der Waals surface area (Å²) in [6, 6.07) is 5.39. The van der Waals surface area contributed by atoms with E-state index in [-0.39, 0.29) is 47.7 Å². The molecule has 1 unspecified atom stereocenters. The first-order valence-electron chi connectivity index (χ1n) is 9.03. The van der Waals surface area contributed by atoms with Gasteiger partial charge in [-0.1, -0.05) is 19.9 Å². The summed E-state index contributed by atoms with van der Waals surface area (Å²) >= 11 is 0. The van der Waals surface area contributed by atoms with Crippen molar-refractivity contribution in [3.63, 3.8) is 0 Å². The van der Waals surface area contributed by atoms with Crippen LogP contribution < -0.4 is 15.5 Å². The predicted molar refractivity (Wildman–Crippen MR) is 119 cm³/mol. The lowest BCUT2D eigenvalue weighted by atomic mass is 10.2. The number of guanidine groups is 1. The molecule has 2 rings (SSSR count). The molecule has 1 fully saturated rings. The number of nitrogens with one attached hydrogen (secondary N) is 2. The maximum absolute atomic E-state index is 14.1. The van der Waals surface area contributed by atoms with E-state index in [4.69, 9.17) is 0 Å². The number of halogens is 2. The summed E-state index contributed by atoms with van der Waals surface area (Å²) in [6.07, 6.45) is 0.894. The molecule has 1 saturated heterocycles. The number of hydrogen-bond donors (Lipinski definition) is 2. The average Bonchev–Trinajstić information content (AvgIpc) is 3.05. The van der Waals surface area contributed by atoms with E-state index in [1.165, 1.54) is 6.07 Å². The molecule has 0 saturated carbocycles. The molecule has 1 aliphatic rings. The fourth-order valence-electron chi connectivity index (χ4n) is 3.04. The van der Waals surface area contributed by atoms with Crippen molar-refractivity contribution in [2.24, 2.45) is 10.9 Å². The Morgan fingerprint density at radius 1 is 1.41 bits per heavy atom. The standard InChI is InChI=1S/C19H30FN5O.HI/c1-13(2)18(26)25-9-8-15(12-25)23-19(21-3)22-11-14-6-7-17(24(4)5)16(20)10-14;/h6-7,10,13,15H,8-9,11-12H2,1-5H3,(H2,21,22,23);1H. The number of nitrogens with zero attached hydrogens (tertiary/aromatic N) is 3. The van der Waals surface area contributed by atoms with Gasteiger partial charge in [0.25, 0.3) is 0 Å². The molecular weight excluding hydrogens is 460 g/mol. The van der Waals surface area contributed by atoms with Crippen LogP contribution in [0.2, 0.25) is 0 Å². The molecular formula is C19H31FIN5O. The molecule has 1 amide bonds. The van der Waals surface area contributed by atoms with Gasteiger partial charge in [-0.3, -0.25) is 9.79 Å². The third kappa shape index (κ3) is 6.51. The highest BCUT2D eigenvalue weighted by Crippen LogP contribution is 2.18. The number of benzene rings is 1. The molecule has 0 bridgehead atoms. The second-order valence-corrected chi connectivity index (χ2v) is 7.17. The second-order valence-electron chi connectivity index (χ2n) is 7.17. The Hall–Kier alpha value is -1.58. The first-order chi connectivity index (χ1) is 12.3. The van der Waals surface area contributed by atoms with Crippen molar-refractivity contribution in [1.82, 2.24) is 15.5 Å². The molecule has 1 aliphatic heterocycles. The van der Waals surface area contributed by atoms with E-state index in [1.807, 2.05) is 38.9 Å². The molecule has 8 heteroatoms. The largest absolute Gasteiger partial charge is 0.375 e. The van der Waals surface area contributed by atoms with Crippen molar-refractivity contribution < 1.29 is 9.18 Å². The quantitative estimate of drug-likeness (QED) is 0.378. The third-order valence-electron chi connectivity index (χ3n) is 4.51. The van der Waals surface area contributed by atoms with E-state index >= 15 is 0 Å². The minimum absolute atomic E-state index is 0. The summed E-state index contributed by atoms with van der Waals surface area (Å²) in [5.74, 6) is 0.627. The number of aliphatic imine (C=N–C) groups is 1. The highest BCUT2D eigenvalue weighted by Gasteiger charge is 2.27. The van der Waals surface area contributed by atoms with Crippen molar-refractivity contribution in [3.05, 3.63) is 29.6 Å². The summed E-state index contributed by atoms with van der Waals surface area (Å²) in [6.45, 7) is 5.77. The van der Waals surface area contributed by atoms with Gasteiger partial charge in [-0.25, -0.2) is 4.39 Å². The summed E-state index contributed by atoms with van der Waals surface area (Å²) in [5.41, 5.74) is 1.41. The van der Waals surface area contributed by atoms with Crippen LogP contribution in [0.25, 0.3) is 0 Å². The first kappa shape index (κ1) is 23.5. The highest BCUT2D eigenvalue weighted by atomic mass is 127. The number of rotatable bonds is 5. The zero-order valence-corrected chi connectivity index (χ0v) is 19.1. The van der Waals surface area contributed by atoms with Crippen LogP contribution in [0, 0.1) is 11.7 Å². The second kappa shape index (κ2) is 10.7. The fourth-order valence-corrected chi connectivity index (χ4v) is 3.04. The van der Waals surface area contributed by atoms with Gasteiger partial charge in [0.2, 0.25) is 5.91 Å². The minimum atomic E-state index is -0.240. The van der Waals surface area contributed by atoms with Crippen LogP contribution in [0.4, 0.5) is 10.1 Å². The molecule has 1 heterocycles. The summed E-state index contributed by atoms with van der Waals surface area (Å²) < 4.78 is 14.1. The Bertz CT molecular complexity index is 666. The molecule has 0 radical (unpaired) electrons. The SMILES string of the molecule is CN=C(NCc1ccc(N(C)C)c(F)c1)NC1CCN(C(=O)C(C)C)C1.I. The van der Waals surface area contributed by atoms with Crippen LogP contribution in [0.3, 0.4) is 0 Å². The van der Waals surface area contributed by atoms with Gasteiger partial charge >= 0.3 is 0 Å². The number of hydrogen-bond acceptors (Lipinski definition) is 3.